The summed E-state index contributed by atoms with van der Waals surface area (Å²) in [5.41, 5.74) is 0.566. The fraction of sp³-hybridized carbons (Fsp3) is 0.278. The normalized spacial score (nSPS) is 10.1. The van der Waals surface area contributed by atoms with Gasteiger partial charge in [-0.25, -0.2) is 0 Å². The molecule has 2 aromatic carbocycles. The fourth-order valence-corrected chi connectivity index (χ4v) is 2.12. The van der Waals surface area contributed by atoms with Gasteiger partial charge < -0.3 is 14.2 Å². The largest absolute Gasteiger partial charge is 0.494 e. The van der Waals surface area contributed by atoms with Gasteiger partial charge in [-0.3, -0.25) is 14.9 Å². The first-order valence-corrected chi connectivity index (χ1v) is 7.77. The summed E-state index contributed by atoms with van der Waals surface area (Å²) in [5, 5.41) is 10.6. The first-order chi connectivity index (χ1) is 12.1. The molecule has 7 nitrogen and oxygen atoms in total. The highest BCUT2D eigenvalue weighted by molar-refractivity contribution is 5.76. The SMILES string of the molecule is COc1cc(C=O)ccc1OCCCCOc1ccc([N+](=O)[O-])cc1. The Kier molecular flexibility index (Phi) is 6.76. The predicted molar refractivity (Wildman–Crippen MR) is 91.7 cm³/mol. The summed E-state index contributed by atoms with van der Waals surface area (Å²) >= 11 is 0. The van der Waals surface area contributed by atoms with Crippen LogP contribution in [0, 0.1) is 10.1 Å². The van der Waals surface area contributed by atoms with Crippen LogP contribution in [-0.4, -0.2) is 31.5 Å². The molecular formula is C18H19NO6. The van der Waals surface area contributed by atoms with Crippen LogP contribution in [0.3, 0.4) is 0 Å². The van der Waals surface area contributed by atoms with E-state index in [-0.39, 0.29) is 5.69 Å². The van der Waals surface area contributed by atoms with Crippen molar-refractivity contribution in [1.29, 1.82) is 0 Å². The summed E-state index contributed by atoms with van der Waals surface area (Å²) in [6.07, 6.45) is 2.29. The van der Waals surface area contributed by atoms with Gasteiger partial charge in [0.2, 0.25) is 0 Å². The third kappa shape index (κ3) is 5.49. The van der Waals surface area contributed by atoms with E-state index in [9.17, 15) is 14.9 Å². The van der Waals surface area contributed by atoms with Crippen molar-refractivity contribution >= 4 is 12.0 Å². The quantitative estimate of drug-likeness (QED) is 0.283. The van der Waals surface area contributed by atoms with Gasteiger partial charge in [-0.1, -0.05) is 0 Å². The highest BCUT2D eigenvalue weighted by Gasteiger charge is 2.06. The summed E-state index contributed by atoms with van der Waals surface area (Å²) in [4.78, 5) is 20.9. The molecule has 0 N–H and O–H groups in total. The molecule has 0 saturated heterocycles. The van der Waals surface area contributed by atoms with Crippen molar-refractivity contribution in [2.24, 2.45) is 0 Å². The van der Waals surface area contributed by atoms with E-state index in [1.807, 2.05) is 0 Å². The van der Waals surface area contributed by atoms with Crippen molar-refractivity contribution in [3.8, 4) is 17.2 Å². The molecule has 0 spiro atoms. The number of methoxy groups -OCH3 is 1. The summed E-state index contributed by atoms with van der Waals surface area (Å²) in [5.74, 6) is 1.70. The smallest absolute Gasteiger partial charge is 0.269 e. The number of nitro benzene ring substituents is 1. The second-order valence-electron chi connectivity index (χ2n) is 5.18. The maximum Gasteiger partial charge on any atom is 0.269 e. The van der Waals surface area contributed by atoms with Crippen LogP contribution in [0.25, 0.3) is 0 Å². The molecule has 132 valence electrons. The second kappa shape index (κ2) is 9.27. The lowest BCUT2D eigenvalue weighted by molar-refractivity contribution is -0.384. The molecule has 0 atom stereocenters. The number of carbonyl (C=O) groups excluding carboxylic acids is 1. The number of nitro groups is 1. The molecule has 0 heterocycles. The molecule has 7 heteroatoms. The van der Waals surface area contributed by atoms with Crippen LogP contribution in [0.2, 0.25) is 0 Å². The summed E-state index contributed by atoms with van der Waals surface area (Å²) in [6.45, 7) is 0.975. The van der Waals surface area contributed by atoms with Gasteiger partial charge in [0.15, 0.2) is 11.5 Å². The third-order valence-corrected chi connectivity index (χ3v) is 3.44. The zero-order valence-electron chi connectivity index (χ0n) is 13.8. The van der Waals surface area contributed by atoms with Crippen LogP contribution in [0.4, 0.5) is 5.69 Å². The maximum absolute atomic E-state index is 10.7. The van der Waals surface area contributed by atoms with Gasteiger partial charge in [0.05, 0.1) is 25.2 Å². The molecule has 2 aromatic rings. The van der Waals surface area contributed by atoms with E-state index in [0.29, 0.717) is 36.0 Å². The molecular weight excluding hydrogens is 326 g/mol. The first-order valence-electron chi connectivity index (χ1n) is 7.77. The summed E-state index contributed by atoms with van der Waals surface area (Å²) in [6, 6.07) is 11.0. The number of rotatable bonds is 10. The molecule has 0 fully saturated rings. The number of hydrogen-bond donors (Lipinski definition) is 0. The van der Waals surface area contributed by atoms with E-state index < -0.39 is 4.92 Å². The highest BCUT2D eigenvalue weighted by Crippen LogP contribution is 2.27. The van der Waals surface area contributed by atoms with Crippen molar-refractivity contribution in [2.75, 3.05) is 20.3 Å². The van der Waals surface area contributed by atoms with Crippen LogP contribution < -0.4 is 14.2 Å². The van der Waals surface area contributed by atoms with Crippen LogP contribution in [0.15, 0.2) is 42.5 Å². The van der Waals surface area contributed by atoms with E-state index in [2.05, 4.69) is 0 Å². The molecule has 0 aliphatic heterocycles. The van der Waals surface area contributed by atoms with Gasteiger partial charge in [-0.2, -0.15) is 0 Å². The number of benzene rings is 2. The minimum absolute atomic E-state index is 0.0373. The Bertz CT molecular complexity index is 714. The predicted octanol–water partition coefficient (Wildman–Crippen LogP) is 3.65. The van der Waals surface area contributed by atoms with Crippen LogP contribution in [0.1, 0.15) is 23.2 Å². The van der Waals surface area contributed by atoms with E-state index in [1.54, 1.807) is 30.3 Å². The molecule has 0 aromatic heterocycles. The number of ether oxygens (including phenoxy) is 3. The minimum atomic E-state index is -0.447. The minimum Gasteiger partial charge on any atom is -0.494 e. The number of hydrogen-bond acceptors (Lipinski definition) is 6. The fourth-order valence-electron chi connectivity index (χ4n) is 2.12. The van der Waals surface area contributed by atoms with Gasteiger partial charge in [-0.15, -0.1) is 0 Å². The van der Waals surface area contributed by atoms with Crippen molar-refractivity contribution < 1.29 is 23.9 Å². The Morgan fingerprint density at radius 2 is 1.68 bits per heavy atom. The lowest BCUT2D eigenvalue weighted by Gasteiger charge is -2.11. The van der Waals surface area contributed by atoms with Gasteiger partial charge in [0.25, 0.3) is 5.69 Å². The molecule has 0 unspecified atom stereocenters. The van der Waals surface area contributed by atoms with Crippen molar-refractivity contribution in [1.82, 2.24) is 0 Å². The van der Waals surface area contributed by atoms with E-state index >= 15 is 0 Å². The number of unbranched alkanes of at least 4 members (excludes halogenated alkanes) is 1. The molecule has 25 heavy (non-hydrogen) atoms. The molecule has 0 aliphatic carbocycles. The van der Waals surface area contributed by atoms with Gasteiger partial charge in [0.1, 0.15) is 12.0 Å². The van der Waals surface area contributed by atoms with Gasteiger partial charge >= 0.3 is 0 Å². The summed E-state index contributed by atoms with van der Waals surface area (Å²) in [7, 11) is 1.52. The standard InChI is InChI=1S/C18H19NO6/c1-23-18-12-14(13-20)4-9-17(18)25-11-3-2-10-24-16-7-5-15(6-8-16)19(21)22/h4-9,12-13H,2-3,10-11H2,1H3. The Labute approximate surface area is 145 Å². The van der Waals surface area contributed by atoms with Crippen LogP contribution >= 0.6 is 0 Å². The van der Waals surface area contributed by atoms with Crippen molar-refractivity contribution in [3.05, 3.63) is 58.1 Å². The zero-order chi connectivity index (χ0) is 18.1. The Morgan fingerprint density at radius 3 is 2.28 bits per heavy atom. The third-order valence-electron chi connectivity index (χ3n) is 3.44. The lowest BCUT2D eigenvalue weighted by atomic mass is 10.2. The molecule has 0 bridgehead atoms. The second-order valence-corrected chi connectivity index (χ2v) is 5.18. The van der Waals surface area contributed by atoms with Crippen LogP contribution in [0.5, 0.6) is 17.2 Å². The highest BCUT2D eigenvalue weighted by atomic mass is 16.6. The average molecular weight is 345 g/mol. The van der Waals surface area contributed by atoms with Crippen molar-refractivity contribution in [3.63, 3.8) is 0 Å². The van der Waals surface area contributed by atoms with E-state index in [4.69, 9.17) is 14.2 Å². The monoisotopic (exact) mass is 345 g/mol. The van der Waals surface area contributed by atoms with Gasteiger partial charge in [-0.05, 0) is 43.2 Å². The van der Waals surface area contributed by atoms with Crippen LogP contribution in [-0.2, 0) is 0 Å². The molecule has 0 amide bonds. The Hall–Kier alpha value is -3.09. The number of nitrogens with zero attached hydrogens (tertiary/aromatic N) is 1. The zero-order valence-corrected chi connectivity index (χ0v) is 13.8. The van der Waals surface area contributed by atoms with E-state index in [0.717, 1.165) is 19.1 Å². The van der Waals surface area contributed by atoms with E-state index in [1.165, 1.54) is 19.2 Å². The molecule has 0 saturated carbocycles. The summed E-state index contributed by atoms with van der Waals surface area (Å²) < 4.78 is 16.4. The number of aldehydes is 1. The number of non-ortho nitro benzene ring substituents is 1. The molecule has 2 rings (SSSR count). The molecule has 0 aliphatic rings. The molecule has 0 radical (unpaired) electrons. The lowest BCUT2D eigenvalue weighted by Crippen LogP contribution is -2.03. The maximum atomic E-state index is 10.7. The average Bonchev–Trinajstić information content (AvgIpc) is 2.64. The van der Waals surface area contributed by atoms with Crippen molar-refractivity contribution in [2.45, 2.75) is 12.8 Å². The number of carbonyl (C=O) groups is 1. The first kappa shape index (κ1) is 18.3. The Morgan fingerprint density at radius 1 is 1.00 bits per heavy atom. The topological polar surface area (TPSA) is 87.9 Å². The van der Waals surface area contributed by atoms with Gasteiger partial charge in [0, 0.05) is 17.7 Å². The Balaban J connectivity index is 1.69.